The van der Waals surface area contributed by atoms with Crippen LogP contribution in [0, 0.1) is 11.3 Å². The summed E-state index contributed by atoms with van der Waals surface area (Å²) >= 11 is 4.12. The van der Waals surface area contributed by atoms with Crippen molar-refractivity contribution in [1.82, 2.24) is 24.7 Å². The number of carbonyl (C=O) groups excluding carboxylic acids is 1. The molecule has 9 heteroatoms. The van der Waals surface area contributed by atoms with Gasteiger partial charge in [0.1, 0.15) is 6.04 Å². The van der Waals surface area contributed by atoms with Gasteiger partial charge in [0, 0.05) is 18.3 Å². The quantitative estimate of drug-likeness (QED) is 0.351. The lowest BCUT2D eigenvalue weighted by atomic mass is 10.1. The Labute approximate surface area is 196 Å². The molecule has 2 aromatic carbocycles. The second-order valence-corrected chi connectivity index (χ2v) is 7.71. The number of amides is 1. The zero-order chi connectivity index (χ0) is 23.0. The molecule has 0 radical (unpaired) electrons. The molecule has 164 valence electrons. The molecule has 0 aliphatic rings. The van der Waals surface area contributed by atoms with E-state index in [1.54, 1.807) is 36.7 Å². The van der Waals surface area contributed by atoms with Crippen LogP contribution in [0.3, 0.4) is 0 Å². The normalized spacial score (nSPS) is 11.5. The fraction of sp³-hybridized carbons (Fsp3) is 0.125. The molecule has 0 saturated heterocycles. The van der Waals surface area contributed by atoms with E-state index >= 15 is 0 Å². The van der Waals surface area contributed by atoms with Gasteiger partial charge in [-0.2, -0.15) is 10.4 Å². The van der Waals surface area contributed by atoms with Gasteiger partial charge >= 0.3 is 0 Å². The number of nitriles is 1. The molecule has 2 heterocycles. The van der Waals surface area contributed by atoms with E-state index in [4.69, 9.17) is 5.26 Å². The summed E-state index contributed by atoms with van der Waals surface area (Å²) in [6, 6.07) is 22.0. The number of benzene rings is 2. The highest BCUT2D eigenvalue weighted by Gasteiger charge is 2.20. The van der Waals surface area contributed by atoms with Gasteiger partial charge in [0.25, 0.3) is 0 Å². The first-order valence-corrected chi connectivity index (χ1v) is 10.7. The molecule has 0 bridgehead atoms. The topological polar surface area (TPSA) is 109 Å². The Kier molecular flexibility index (Phi) is 7.09. The third-order valence-electron chi connectivity index (χ3n) is 5.02. The molecule has 1 amide bonds. The summed E-state index contributed by atoms with van der Waals surface area (Å²) in [4.78, 5) is 13.1. The van der Waals surface area contributed by atoms with E-state index in [1.165, 1.54) is 4.09 Å². The van der Waals surface area contributed by atoms with Crippen LogP contribution in [0.25, 0.3) is 11.3 Å². The highest BCUT2D eigenvalue weighted by Crippen LogP contribution is 2.18. The van der Waals surface area contributed by atoms with E-state index in [-0.39, 0.29) is 5.91 Å². The minimum atomic E-state index is -0.562. The summed E-state index contributed by atoms with van der Waals surface area (Å²) < 4.78 is 1.39. The van der Waals surface area contributed by atoms with Gasteiger partial charge in [-0.1, -0.05) is 42.5 Å². The van der Waals surface area contributed by atoms with E-state index in [9.17, 15) is 4.79 Å². The van der Waals surface area contributed by atoms with Gasteiger partial charge in [-0.15, -0.1) is 10.2 Å². The molecule has 1 unspecified atom stereocenters. The van der Waals surface area contributed by atoms with Crippen molar-refractivity contribution in [1.29, 1.82) is 5.26 Å². The molecule has 8 nitrogen and oxygen atoms in total. The first-order valence-electron chi connectivity index (χ1n) is 10.3. The number of thiol groups is 1. The summed E-state index contributed by atoms with van der Waals surface area (Å²) in [5.41, 5.74) is 3.97. The highest BCUT2D eigenvalue weighted by molar-refractivity contribution is 7.78. The second-order valence-electron chi connectivity index (χ2n) is 7.30. The minimum Gasteiger partial charge on any atom is -0.308 e. The second kappa shape index (κ2) is 10.5. The number of nitrogens with one attached hydrogen (secondary N) is 2. The van der Waals surface area contributed by atoms with E-state index in [0.717, 1.165) is 23.1 Å². The predicted octanol–water partition coefficient (Wildman–Crippen LogP) is 3.42. The van der Waals surface area contributed by atoms with Crippen molar-refractivity contribution in [3.05, 3.63) is 95.8 Å². The molecule has 1 atom stereocenters. The fourth-order valence-electron chi connectivity index (χ4n) is 3.31. The number of aromatic nitrogens is 4. The molecule has 4 rings (SSSR count). The van der Waals surface area contributed by atoms with Gasteiger partial charge in [0.2, 0.25) is 5.91 Å². The molecule has 33 heavy (non-hydrogen) atoms. The van der Waals surface area contributed by atoms with Gasteiger partial charge in [-0.3, -0.25) is 4.79 Å². The largest absolute Gasteiger partial charge is 0.308 e. The Hall–Kier alpha value is -4.00. The third-order valence-corrected chi connectivity index (χ3v) is 5.24. The Morgan fingerprint density at radius 3 is 2.48 bits per heavy atom. The first-order chi connectivity index (χ1) is 16.1. The lowest BCUT2D eigenvalue weighted by molar-refractivity contribution is -0.118. The number of rotatable bonds is 8. The zero-order valence-corrected chi connectivity index (χ0v) is 18.5. The van der Waals surface area contributed by atoms with Crippen molar-refractivity contribution in [2.45, 2.75) is 12.5 Å². The van der Waals surface area contributed by atoms with Crippen molar-refractivity contribution in [3.63, 3.8) is 0 Å². The van der Waals surface area contributed by atoms with Crippen molar-refractivity contribution >= 4 is 24.5 Å². The summed E-state index contributed by atoms with van der Waals surface area (Å²) in [6.07, 6.45) is 4.07. The number of carbonyl (C=O) groups is 1. The van der Waals surface area contributed by atoms with Crippen LogP contribution < -0.4 is 10.6 Å². The van der Waals surface area contributed by atoms with Crippen LogP contribution in [0.5, 0.6) is 0 Å². The summed E-state index contributed by atoms with van der Waals surface area (Å²) in [5.74, 6) is 0.128. The molecule has 0 aliphatic carbocycles. The summed E-state index contributed by atoms with van der Waals surface area (Å²) in [7, 11) is 0. The lowest BCUT2D eigenvalue weighted by Gasteiger charge is -2.18. The van der Waals surface area contributed by atoms with Crippen LogP contribution in [0.4, 0.5) is 5.82 Å². The van der Waals surface area contributed by atoms with Gasteiger partial charge in [0.05, 0.1) is 23.5 Å². The monoisotopic (exact) mass is 455 g/mol. The van der Waals surface area contributed by atoms with Crippen molar-refractivity contribution in [2.24, 2.45) is 0 Å². The smallest absolute Gasteiger partial charge is 0.247 e. The Bertz CT molecular complexity index is 1250. The van der Waals surface area contributed by atoms with Crippen LogP contribution in [0.1, 0.15) is 22.7 Å². The number of hydrogen-bond donors (Lipinski definition) is 3. The highest BCUT2D eigenvalue weighted by atomic mass is 32.1. The van der Waals surface area contributed by atoms with Gasteiger partial charge in [0.15, 0.2) is 5.82 Å². The number of hydrogen-bond acceptors (Lipinski definition) is 7. The van der Waals surface area contributed by atoms with Crippen LogP contribution in [0.15, 0.2) is 79.1 Å². The van der Waals surface area contributed by atoms with Gasteiger partial charge in [-0.05, 0) is 54.6 Å². The van der Waals surface area contributed by atoms with Crippen molar-refractivity contribution in [2.75, 3.05) is 11.9 Å². The maximum Gasteiger partial charge on any atom is 0.247 e. The van der Waals surface area contributed by atoms with Crippen LogP contribution >= 0.6 is 12.8 Å². The standard InChI is InChI=1S/C24H21N7OS/c25-14-18-8-6-17(7-9-18)12-13-26-23(19-4-2-1-3-5-19)24(32)28-22-11-10-21(29-30-22)20-15-27-31(33)16-20/h1-11,15-16,23,26,33H,12-13H2,(H,28,30,32). The third kappa shape index (κ3) is 5.83. The summed E-state index contributed by atoms with van der Waals surface area (Å²) in [6.45, 7) is 0.581. The molecule has 0 fully saturated rings. The van der Waals surface area contributed by atoms with E-state index < -0.39 is 6.04 Å². The van der Waals surface area contributed by atoms with E-state index in [1.807, 2.05) is 42.5 Å². The fourth-order valence-corrected chi connectivity index (χ4v) is 3.49. The maximum atomic E-state index is 13.1. The van der Waals surface area contributed by atoms with Gasteiger partial charge < -0.3 is 10.6 Å². The van der Waals surface area contributed by atoms with Crippen LogP contribution in [0.2, 0.25) is 0 Å². The first kappa shape index (κ1) is 22.2. The molecule has 2 aromatic heterocycles. The molecule has 4 aromatic rings. The van der Waals surface area contributed by atoms with Crippen molar-refractivity contribution in [3.8, 4) is 17.3 Å². The minimum absolute atomic E-state index is 0.230. The average molecular weight is 456 g/mol. The Balaban J connectivity index is 1.42. The van der Waals surface area contributed by atoms with Crippen LogP contribution in [-0.4, -0.2) is 31.8 Å². The zero-order valence-electron chi connectivity index (χ0n) is 17.6. The van der Waals surface area contributed by atoms with Crippen molar-refractivity contribution < 1.29 is 4.79 Å². The molecular weight excluding hydrogens is 434 g/mol. The number of nitrogens with zero attached hydrogens (tertiary/aromatic N) is 5. The molecular formula is C24H21N7OS. The molecule has 0 saturated carbocycles. The van der Waals surface area contributed by atoms with Crippen LogP contribution in [-0.2, 0) is 11.2 Å². The SMILES string of the molecule is N#Cc1ccc(CCNC(C(=O)Nc2ccc(-c3cnn(S)c3)nn2)c2ccccc2)cc1. The predicted molar refractivity (Wildman–Crippen MR) is 128 cm³/mol. The lowest BCUT2D eigenvalue weighted by Crippen LogP contribution is -2.34. The van der Waals surface area contributed by atoms with E-state index in [2.05, 4.69) is 44.8 Å². The summed E-state index contributed by atoms with van der Waals surface area (Å²) in [5, 5.41) is 27.4. The Morgan fingerprint density at radius 1 is 1.06 bits per heavy atom. The molecule has 0 spiro atoms. The Morgan fingerprint density at radius 2 is 1.85 bits per heavy atom. The molecule has 2 N–H and O–H groups in total. The number of anilines is 1. The van der Waals surface area contributed by atoms with Gasteiger partial charge in [-0.25, -0.2) is 4.09 Å². The average Bonchev–Trinajstić information content (AvgIpc) is 3.29. The van der Waals surface area contributed by atoms with E-state index in [0.29, 0.717) is 23.6 Å². The molecule has 0 aliphatic heterocycles. The maximum absolute atomic E-state index is 13.1.